The lowest BCUT2D eigenvalue weighted by molar-refractivity contribution is 0.0702. The van der Waals surface area contributed by atoms with E-state index in [1.165, 1.54) is 16.4 Å². The van der Waals surface area contributed by atoms with Crippen LogP contribution >= 0.6 is 11.3 Å². The number of sulfonamides is 1. The fourth-order valence-electron chi connectivity index (χ4n) is 2.56. The molecule has 21 heavy (non-hydrogen) atoms. The summed E-state index contributed by atoms with van der Waals surface area (Å²) in [6, 6.07) is 2.67. The summed E-state index contributed by atoms with van der Waals surface area (Å²) in [5.74, 6) is -1.09. The van der Waals surface area contributed by atoms with Crippen molar-refractivity contribution < 1.29 is 18.3 Å². The average Bonchev–Trinajstić information content (AvgIpc) is 2.84. The first kappa shape index (κ1) is 16.4. The molecule has 0 bridgehead atoms. The van der Waals surface area contributed by atoms with Crippen molar-refractivity contribution >= 4 is 27.3 Å². The molecule has 8 heteroatoms. The Morgan fingerprint density at radius 1 is 1.43 bits per heavy atom. The van der Waals surface area contributed by atoms with Crippen LogP contribution in [0.25, 0.3) is 0 Å². The van der Waals surface area contributed by atoms with E-state index in [0.717, 1.165) is 30.7 Å². The number of carboxylic acid groups (broad SMARTS) is 1. The maximum atomic E-state index is 12.8. The molecule has 0 aromatic carbocycles. The third-order valence-corrected chi connectivity index (χ3v) is 7.17. The average molecular weight is 332 g/mol. The summed E-state index contributed by atoms with van der Waals surface area (Å²) in [5.41, 5.74) is 0. The maximum absolute atomic E-state index is 12.8. The van der Waals surface area contributed by atoms with Crippen LogP contribution in [-0.4, -0.2) is 61.4 Å². The van der Waals surface area contributed by atoms with Gasteiger partial charge in [-0.2, -0.15) is 4.31 Å². The molecular weight excluding hydrogens is 312 g/mol. The minimum atomic E-state index is -3.62. The first-order valence-corrected chi connectivity index (χ1v) is 9.15. The number of carbonyl (C=O) groups is 1. The molecular formula is C13H20N2O4S2. The van der Waals surface area contributed by atoms with Crippen molar-refractivity contribution in [2.75, 3.05) is 26.7 Å². The molecule has 118 valence electrons. The quantitative estimate of drug-likeness (QED) is 0.905. The zero-order chi connectivity index (χ0) is 15.6. The van der Waals surface area contributed by atoms with E-state index in [1.807, 2.05) is 14.0 Å². The van der Waals surface area contributed by atoms with Gasteiger partial charge in [-0.25, -0.2) is 13.2 Å². The van der Waals surface area contributed by atoms with Crippen LogP contribution in [0.4, 0.5) is 0 Å². The van der Waals surface area contributed by atoms with Gasteiger partial charge >= 0.3 is 5.97 Å². The minimum Gasteiger partial charge on any atom is -0.477 e. The molecule has 0 amide bonds. The van der Waals surface area contributed by atoms with E-state index in [4.69, 9.17) is 5.11 Å². The van der Waals surface area contributed by atoms with E-state index >= 15 is 0 Å². The summed E-state index contributed by atoms with van der Waals surface area (Å²) in [4.78, 5) is 13.1. The van der Waals surface area contributed by atoms with Gasteiger partial charge in [0, 0.05) is 19.1 Å². The molecule has 0 spiro atoms. The van der Waals surface area contributed by atoms with E-state index in [9.17, 15) is 13.2 Å². The number of rotatable bonds is 4. The zero-order valence-electron chi connectivity index (χ0n) is 12.2. The predicted molar refractivity (Wildman–Crippen MR) is 81.4 cm³/mol. The van der Waals surface area contributed by atoms with E-state index < -0.39 is 16.0 Å². The highest BCUT2D eigenvalue weighted by molar-refractivity contribution is 7.91. The molecule has 1 N–H and O–H groups in total. The molecule has 1 aliphatic rings. The van der Waals surface area contributed by atoms with Gasteiger partial charge in [-0.3, -0.25) is 0 Å². The van der Waals surface area contributed by atoms with Gasteiger partial charge in [-0.1, -0.05) is 6.92 Å². The Bertz CT molecular complexity index is 611. The van der Waals surface area contributed by atoms with Gasteiger partial charge < -0.3 is 10.0 Å². The van der Waals surface area contributed by atoms with Gasteiger partial charge in [0.1, 0.15) is 9.09 Å². The van der Waals surface area contributed by atoms with Gasteiger partial charge in [0.25, 0.3) is 10.0 Å². The molecule has 1 fully saturated rings. The molecule has 2 rings (SSSR count). The van der Waals surface area contributed by atoms with Crippen LogP contribution in [-0.2, 0) is 10.0 Å². The summed E-state index contributed by atoms with van der Waals surface area (Å²) in [6.07, 6.45) is 1.52. The molecule has 2 heterocycles. The predicted octanol–water partition coefficient (Wildman–Crippen LogP) is 1.55. The fraction of sp³-hybridized carbons (Fsp3) is 0.615. The lowest BCUT2D eigenvalue weighted by Crippen LogP contribution is -2.43. The van der Waals surface area contributed by atoms with Crippen molar-refractivity contribution in [3.8, 4) is 0 Å². The Hall–Kier alpha value is -0.960. The summed E-state index contributed by atoms with van der Waals surface area (Å²) in [5, 5.41) is 8.95. The third-order valence-electron chi connectivity index (χ3n) is 3.67. The Morgan fingerprint density at radius 2 is 2.14 bits per heavy atom. The number of carboxylic acids is 1. The third kappa shape index (κ3) is 3.45. The second-order valence-corrected chi connectivity index (χ2v) is 8.42. The number of hydrogen-bond acceptors (Lipinski definition) is 5. The van der Waals surface area contributed by atoms with Crippen LogP contribution in [0.15, 0.2) is 16.3 Å². The van der Waals surface area contributed by atoms with Crippen molar-refractivity contribution in [3.05, 3.63) is 17.0 Å². The van der Waals surface area contributed by atoms with Crippen molar-refractivity contribution in [1.29, 1.82) is 0 Å². The normalized spacial score (nSPS) is 22.1. The number of aromatic carboxylic acids is 1. The molecule has 0 saturated carbocycles. The number of thiophene rings is 1. The van der Waals surface area contributed by atoms with Crippen LogP contribution in [0.1, 0.15) is 29.4 Å². The molecule has 1 unspecified atom stereocenters. The Labute approximate surface area is 129 Å². The summed E-state index contributed by atoms with van der Waals surface area (Å²) >= 11 is 0.819. The first-order valence-electron chi connectivity index (χ1n) is 6.89. The summed E-state index contributed by atoms with van der Waals surface area (Å²) < 4.78 is 27.2. The molecule has 1 saturated heterocycles. The standard InChI is InChI=1S/C13H20N2O4S2/c1-3-10-9-14(2)7-4-8-15(10)21(18,19)12-6-5-11(20-12)13(16)17/h5-6,10H,3-4,7-9H2,1-2H3,(H,16,17). The van der Waals surface area contributed by atoms with Gasteiger partial charge in [0.05, 0.1) is 0 Å². The largest absolute Gasteiger partial charge is 0.477 e. The van der Waals surface area contributed by atoms with Crippen LogP contribution < -0.4 is 0 Å². The number of hydrogen-bond donors (Lipinski definition) is 1. The van der Waals surface area contributed by atoms with Gasteiger partial charge in [-0.05, 0) is 38.6 Å². The zero-order valence-corrected chi connectivity index (χ0v) is 13.8. The first-order chi connectivity index (χ1) is 9.86. The Kier molecular flexibility index (Phi) is 5.03. The SMILES string of the molecule is CCC1CN(C)CCCN1S(=O)(=O)c1ccc(C(=O)O)s1. The number of nitrogens with zero attached hydrogens (tertiary/aromatic N) is 2. The molecule has 1 aliphatic heterocycles. The summed E-state index contributed by atoms with van der Waals surface area (Å²) in [6.45, 7) is 4.02. The highest BCUT2D eigenvalue weighted by Crippen LogP contribution is 2.28. The lowest BCUT2D eigenvalue weighted by Gasteiger charge is -2.28. The van der Waals surface area contributed by atoms with Crippen molar-refractivity contribution in [2.45, 2.75) is 30.0 Å². The summed E-state index contributed by atoms with van der Waals surface area (Å²) in [7, 11) is -1.63. The fourth-order valence-corrected chi connectivity index (χ4v) is 5.56. The highest BCUT2D eigenvalue weighted by atomic mass is 32.2. The molecule has 1 aromatic rings. The highest BCUT2D eigenvalue weighted by Gasteiger charge is 2.34. The second kappa shape index (κ2) is 6.43. The van der Waals surface area contributed by atoms with Crippen LogP contribution in [0.2, 0.25) is 0 Å². The molecule has 1 atom stereocenters. The van der Waals surface area contributed by atoms with E-state index in [-0.39, 0.29) is 15.1 Å². The van der Waals surface area contributed by atoms with E-state index in [0.29, 0.717) is 13.1 Å². The van der Waals surface area contributed by atoms with Gasteiger partial charge in [-0.15, -0.1) is 11.3 Å². The van der Waals surface area contributed by atoms with Crippen molar-refractivity contribution in [2.24, 2.45) is 0 Å². The van der Waals surface area contributed by atoms with Crippen LogP contribution in [0.3, 0.4) is 0 Å². The van der Waals surface area contributed by atoms with Crippen LogP contribution in [0, 0.1) is 0 Å². The topological polar surface area (TPSA) is 77.9 Å². The van der Waals surface area contributed by atoms with Gasteiger partial charge in [0.2, 0.25) is 0 Å². The van der Waals surface area contributed by atoms with Gasteiger partial charge in [0.15, 0.2) is 0 Å². The monoisotopic (exact) mass is 332 g/mol. The second-order valence-electron chi connectivity index (χ2n) is 5.22. The molecule has 0 aliphatic carbocycles. The van der Waals surface area contributed by atoms with Crippen molar-refractivity contribution in [1.82, 2.24) is 9.21 Å². The van der Waals surface area contributed by atoms with Crippen LogP contribution in [0.5, 0.6) is 0 Å². The maximum Gasteiger partial charge on any atom is 0.345 e. The Balaban J connectivity index is 2.33. The minimum absolute atomic E-state index is 0.0496. The lowest BCUT2D eigenvalue weighted by atomic mass is 10.2. The van der Waals surface area contributed by atoms with Crippen molar-refractivity contribution in [3.63, 3.8) is 0 Å². The van der Waals surface area contributed by atoms with E-state index in [2.05, 4.69) is 4.90 Å². The smallest absolute Gasteiger partial charge is 0.345 e. The van der Waals surface area contributed by atoms with E-state index in [1.54, 1.807) is 0 Å². The molecule has 0 radical (unpaired) electrons. The Morgan fingerprint density at radius 3 is 2.71 bits per heavy atom. The number of likely N-dealkylation sites (N-methyl/N-ethyl adjacent to an activating group) is 1. The molecule has 1 aromatic heterocycles. The molecule has 6 nitrogen and oxygen atoms in total.